The molecule has 44 valence electrons. The number of rotatable bonds is 0. The van der Waals surface area contributed by atoms with Crippen molar-refractivity contribution in [3.63, 3.8) is 0 Å². The molecule has 0 heterocycles. The van der Waals surface area contributed by atoms with Crippen LogP contribution >= 0.6 is 0 Å². The SMILES string of the molecule is CC1CCC=C2CC21. The van der Waals surface area contributed by atoms with Crippen LogP contribution in [0.3, 0.4) is 0 Å². The quantitative estimate of drug-likeness (QED) is 0.418. The molecule has 2 aliphatic carbocycles. The summed E-state index contributed by atoms with van der Waals surface area (Å²) in [5.41, 5.74) is 1.75. The van der Waals surface area contributed by atoms with Crippen molar-refractivity contribution < 1.29 is 0 Å². The third-order valence-electron chi connectivity index (χ3n) is 2.49. The van der Waals surface area contributed by atoms with Gasteiger partial charge in [-0.15, -0.1) is 0 Å². The summed E-state index contributed by atoms with van der Waals surface area (Å²) >= 11 is 0. The molecule has 0 heteroatoms. The van der Waals surface area contributed by atoms with E-state index in [2.05, 4.69) is 13.0 Å². The Morgan fingerprint density at radius 3 is 3.12 bits per heavy atom. The van der Waals surface area contributed by atoms with Gasteiger partial charge in [0.25, 0.3) is 0 Å². The molecular weight excluding hydrogens is 96.1 g/mol. The first-order valence-corrected chi connectivity index (χ1v) is 3.57. The largest absolute Gasteiger partial charge is 0.0850 e. The van der Waals surface area contributed by atoms with Crippen LogP contribution in [0.25, 0.3) is 0 Å². The van der Waals surface area contributed by atoms with Gasteiger partial charge in [0.05, 0.1) is 0 Å². The van der Waals surface area contributed by atoms with Gasteiger partial charge in [-0.25, -0.2) is 0 Å². The molecule has 0 aromatic carbocycles. The van der Waals surface area contributed by atoms with E-state index in [0.29, 0.717) is 0 Å². The summed E-state index contributed by atoms with van der Waals surface area (Å²) in [6.07, 6.45) is 6.66. The summed E-state index contributed by atoms with van der Waals surface area (Å²) in [6.45, 7) is 2.38. The van der Waals surface area contributed by atoms with E-state index in [1.807, 2.05) is 0 Å². The monoisotopic (exact) mass is 108 g/mol. The molecule has 0 radical (unpaired) electrons. The summed E-state index contributed by atoms with van der Waals surface area (Å²) in [5.74, 6) is 2.04. The fourth-order valence-electron chi connectivity index (χ4n) is 1.73. The first-order valence-electron chi connectivity index (χ1n) is 3.57. The second-order valence-electron chi connectivity index (χ2n) is 3.14. The second-order valence-corrected chi connectivity index (χ2v) is 3.14. The van der Waals surface area contributed by atoms with Crippen LogP contribution < -0.4 is 0 Å². The molecule has 2 unspecified atom stereocenters. The van der Waals surface area contributed by atoms with Gasteiger partial charge in [0.1, 0.15) is 0 Å². The minimum atomic E-state index is 1.01. The highest BCUT2D eigenvalue weighted by Gasteiger charge is 2.35. The van der Waals surface area contributed by atoms with Crippen molar-refractivity contribution in [2.45, 2.75) is 26.2 Å². The third-order valence-corrected chi connectivity index (χ3v) is 2.49. The Morgan fingerprint density at radius 2 is 2.50 bits per heavy atom. The Kier molecular flexibility index (Phi) is 0.787. The molecule has 2 atom stereocenters. The highest BCUT2D eigenvalue weighted by Crippen LogP contribution is 2.48. The summed E-state index contributed by atoms with van der Waals surface area (Å²) in [5, 5.41) is 0. The summed E-state index contributed by atoms with van der Waals surface area (Å²) in [4.78, 5) is 0. The van der Waals surface area contributed by atoms with Crippen molar-refractivity contribution in [1.29, 1.82) is 0 Å². The Bertz CT molecular complexity index is 133. The second kappa shape index (κ2) is 1.37. The fourth-order valence-corrected chi connectivity index (χ4v) is 1.73. The van der Waals surface area contributed by atoms with E-state index in [1.165, 1.54) is 19.3 Å². The van der Waals surface area contributed by atoms with Crippen molar-refractivity contribution in [1.82, 2.24) is 0 Å². The standard InChI is InChI=1S/C8H12/c1-6-3-2-4-7-5-8(6)7/h4,6,8H,2-3,5H2,1H3. The third kappa shape index (κ3) is 0.521. The van der Waals surface area contributed by atoms with Crippen molar-refractivity contribution >= 4 is 0 Å². The molecule has 0 spiro atoms. The first-order chi connectivity index (χ1) is 3.88. The highest BCUT2D eigenvalue weighted by atomic mass is 14.4. The molecule has 0 aromatic rings. The average Bonchev–Trinajstić information content (AvgIpc) is 2.45. The Labute approximate surface area is 50.6 Å². The lowest BCUT2D eigenvalue weighted by atomic mass is 9.96. The molecular formula is C8H12. The van der Waals surface area contributed by atoms with Crippen molar-refractivity contribution in [3.05, 3.63) is 11.6 Å². The van der Waals surface area contributed by atoms with Crippen LogP contribution in [-0.2, 0) is 0 Å². The normalized spacial score (nSPS) is 42.9. The zero-order chi connectivity index (χ0) is 5.56. The average molecular weight is 108 g/mol. The van der Waals surface area contributed by atoms with Crippen molar-refractivity contribution in [3.8, 4) is 0 Å². The van der Waals surface area contributed by atoms with E-state index in [4.69, 9.17) is 0 Å². The van der Waals surface area contributed by atoms with Crippen LogP contribution in [0.1, 0.15) is 26.2 Å². The van der Waals surface area contributed by atoms with Gasteiger partial charge in [-0.1, -0.05) is 18.6 Å². The van der Waals surface area contributed by atoms with E-state index >= 15 is 0 Å². The molecule has 0 amide bonds. The van der Waals surface area contributed by atoms with E-state index in [-0.39, 0.29) is 0 Å². The summed E-state index contributed by atoms with van der Waals surface area (Å²) in [6, 6.07) is 0. The molecule has 0 N–H and O–H groups in total. The van der Waals surface area contributed by atoms with E-state index < -0.39 is 0 Å². The summed E-state index contributed by atoms with van der Waals surface area (Å²) < 4.78 is 0. The van der Waals surface area contributed by atoms with Gasteiger partial charge in [-0.05, 0) is 31.1 Å². The zero-order valence-electron chi connectivity index (χ0n) is 5.35. The molecule has 0 nitrogen and oxygen atoms in total. The van der Waals surface area contributed by atoms with Gasteiger partial charge < -0.3 is 0 Å². The molecule has 1 fully saturated rings. The van der Waals surface area contributed by atoms with Crippen molar-refractivity contribution in [2.75, 3.05) is 0 Å². The Balaban J connectivity index is 2.17. The lowest BCUT2D eigenvalue weighted by molar-refractivity contribution is 0.475. The zero-order valence-corrected chi connectivity index (χ0v) is 5.35. The van der Waals surface area contributed by atoms with Gasteiger partial charge in [0, 0.05) is 0 Å². The topological polar surface area (TPSA) is 0 Å². The lowest BCUT2D eigenvalue weighted by Gasteiger charge is -2.09. The van der Waals surface area contributed by atoms with Crippen LogP contribution in [0.5, 0.6) is 0 Å². The minimum Gasteiger partial charge on any atom is -0.0850 e. The van der Waals surface area contributed by atoms with E-state index in [9.17, 15) is 0 Å². The first kappa shape index (κ1) is 4.60. The van der Waals surface area contributed by atoms with Gasteiger partial charge in [0.2, 0.25) is 0 Å². The van der Waals surface area contributed by atoms with Crippen LogP contribution in [-0.4, -0.2) is 0 Å². The van der Waals surface area contributed by atoms with Crippen molar-refractivity contribution in [2.24, 2.45) is 11.8 Å². The predicted molar refractivity (Wildman–Crippen MR) is 34.6 cm³/mol. The van der Waals surface area contributed by atoms with E-state index in [0.717, 1.165) is 11.8 Å². The maximum atomic E-state index is 2.44. The number of hydrogen-bond donors (Lipinski definition) is 0. The molecule has 2 rings (SSSR count). The van der Waals surface area contributed by atoms with Gasteiger partial charge in [-0.3, -0.25) is 0 Å². The molecule has 2 aliphatic rings. The maximum absolute atomic E-state index is 2.44. The number of hydrogen-bond acceptors (Lipinski definition) is 0. The summed E-state index contributed by atoms with van der Waals surface area (Å²) in [7, 11) is 0. The molecule has 0 saturated heterocycles. The van der Waals surface area contributed by atoms with Crippen LogP contribution in [0, 0.1) is 11.8 Å². The highest BCUT2D eigenvalue weighted by molar-refractivity contribution is 5.26. The number of fused-ring (bicyclic) bond motifs is 1. The smallest absolute Gasteiger partial charge is 0.0140 e. The van der Waals surface area contributed by atoms with Gasteiger partial charge >= 0.3 is 0 Å². The molecule has 0 aromatic heterocycles. The Hall–Kier alpha value is -0.260. The lowest BCUT2D eigenvalue weighted by Crippen LogP contribution is -1.98. The van der Waals surface area contributed by atoms with Gasteiger partial charge in [0.15, 0.2) is 0 Å². The van der Waals surface area contributed by atoms with Crippen LogP contribution in [0.2, 0.25) is 0 Å². The molecule has 8 heavy (non-hydrogen) atoms. The molecule has 0 aliphatic heterocycles. The number of allylic oxidation sites excluding steroid dienone is 2. The van der Waals surface area contributed by atoms with Crippen LogP contribution in [0.4, 0.5) is 0 Å². The molecule has 1 saturated carbocycles. The fraction of sp³-hybridized carbons (Fsp3) is 0.750. The van der Waals surface area contributed by atoms with Gasteiger partial charge in [-0.2, -0.15) is 0 Å². The van der Waals surface area contributed by atoms with Crippen LogP contribution in [0.15, 0.2) is 11.6 Å². The maximum Gasteiger partial charge on any atom is -0.0140 e. The van der Waals surface area contributed by atoms with E-state index in [1.54, 1.807) is 5.57 Å². The Morgan fingerprint density at radius 1 is 1.62 bits per heavy atom. The predicted octanol–water partition coefficient (Wildman–Crippen LogP) is 2.36. The molecule has 0 bridgehead atoms. The minimum absolute atomic E-state index is 1.01.